The van der Waals surface area contributed by atoms with Crippen molar-refractivity contribution < 1.29 is 53.8 Å². The fraction of sp³-hybridized carbons (Fsp3) is 0. The number of hydrogen-bond acceptors (Lipinski definition) is 4. The third-order valence-electron chi connectivity index (χ3n) is 0. The molecule has 2 N–H and O–H groups in total. The van der Waals surface area contributed by atoms with E-state index in [0.717, 1.165) is 0 Å². The van der Waals surface area contributed by atoms with Gasteiger partial charge in [0.25, 0.3) is 0 Å². The average Bonchev–Trinajstić information content (AvgIpc) is 1.39. The molecular formula is H2N2O4Ti2. The maximum atomic E-state index is 8.11. The molecule has 0 heterocycles. The summed E-state index contributed by atoms with van der Waals surface area (Å²) in [5, 5.41) is 15.8. The summed E-state index contributed by atoms with van der Waals surface area (Å²) in [6, 6.07) is 0. The van der Waals surface area contributed by atoms with Crippen LogP contribution in [0.15, 0.2) is 10.7 Å². The van der Waals surface area contributed by atoms with Crippen LogP contribution in [-0.2, 0) is 43.4 Å². The standard InChI is InChI=1S/2HNO2.2Ti/c2*2-1-3;;/h2*(H,2,3);;. The van der Waals surface area contributed by atoms with Crippen LogP contribution in [0.3, 0.4) is 0 Å². The second-order valence-electron chi connectivity index (χ2n) is 0.163. The van der Waals surface area contributed by atoms with E-state index in [1.165, 1.54) is 10.7 Å². The fourth-order valence-electron chi connectivity index (χ4n) is 0. The molecule has 0 rings (SSSR count). The second kappa shape index (κ2) is 56.5. The number of hydrogen-bond donors (Lipinski definition) is 2. The predicted molar refractivity (Wildman–Crippen MR) is 15.2 cm³/mol. The normalized spacial score (nSPS) is 3.00. The summed E-state index contributed by atoms with van der Waals surface area (Å²) in [6.45, 7) is 0. The Morgan fingerprint density at radius 3 is 0.875 bits per heavy atom. The van der Waals surface area contributed by atoms with E-state index in [2.05, 4.69) is 0 Å². The number of nitrogens with zero attached hydrogens (tertiary/aromatic N) is 2. The van der Waals surface area contributed by atoms with Gasteiger partial charge in [0, 0.05) is 43.4 Å². The van der Waals surface area contributed by atoms with Crippen LogP contribution in [0.1, 0.15) is 0 Å². The van der Waals surface area contributed by atoms with Crippen LogP contribution in [-0.4, -0.2) is 10.4 Å². The van der Waals surface area contributed by atoms with E-state index in [1.54, 1.807) is 0 Å². The minimum Gasteiger partial charge on any atom is -0.379 e. The van der Waals surface area contributed by atoms with E-state index in [0.29, 0.717) is 0 Å². The SMILES string of the molecule is O=NO.O=NO.[Ti].[Ti]. The molecule has 0 saturated carbocycles. The van der Waals surface area contributed by atoms with Crippen molar-refractivity contribution in [1.82, 2.24) is 0 Å². The summed E-state index contributed by atoms with van der Waals surface area (Å²) >= 11 is 0. The third-order valence-corrected chi connectivity index (χ3v) is 0. The van der Waals surface area contributed by atoms with E-state index >= 15 is 0 Å². The van der Waals surface area contributed by atoms with E-state index in [9.17, 15) is 0 Å². The Labute approximate surface area is 74.3 Å². The van der Waals surface area contributed by atoms with Crippen molar-refractivity contribution in [3.63, 3.8) is 0 Å². The van der Waals surface area contributed by atoms with Crippen molar-refractivity contribution in [2.45, 2.75) is 0 Å². The van der Waals surface area contributed by atoms with Crippen LogP contribution in [0.25, 0.3) is 0 Å². The van der Waals surface area contributed by atoms with Gasteiger partial charge in [0.15, 0.2) is 10.7 Å². The molecule has 8 heavy (non-hydrogen) atoms. The third kappa shape index (κ3) is 3260. The molecule has 0 aliphatic rings. The Bertz CT molecular complexity index is 33.0. The topological polar surface area (TPSA) is 99.3 Å². The van der Waals surface area contributed by atoms with Crippen molar-refractivity contribution in [3.05, 3.63) is 9.81 Å². The van der Waals surface area contributed by atoms with Crippen LogP contribution in [0.2, 0.25) is 0 Å². The molecule has 44 valence electrons. The first kappa shape index (κ1) is 24.0. The van der Waals surface area contributed by atoms with Gasteiger partial charge in [0.1, 0.15) is 0 Å². The van der Waals surface area contributed by atoms with Crippen LogP contribution in [0, 0.1) is 9.81 Å². The van der Waals surface area contributed by atoms with E-state index in [-0.39, 0.29) is 43.4 Å². The van der Waals surface area contributed by atoms with Crippen molar-refractivity contribution in [2.24, 2.45) is 10.7 Å². The van der Waals surface area contributed by atoms with E-state index < -0.39 is 0 Å². The second-order valence-corrected chi connectivity index (χ2v) is 0.163. The van der Waals surface area contributed by atoms with Crippen molar-refractivity contribution in [1.29, 1.82) is 0 Å². The Balaban J connectivity index is -0.0000000160. The van der Waals surface area contributed by atoms with Gasteiger partial charge < -0.3 is 10.4 Å². The molecule has 0 aromatic rings. The van der Waals surface area contributed by atoms with Gasteiger partial charge in [-0.1, -0.05) is 0 Å². The summed E-state index contributed by atoms with van der Waals surface area (Å²) in [5.74, 6) is 0. The van der Waals surface area contributed by atoms with Gasteiger partial charge in [-0.2, -0.15) is 0 Å². The minimum atomic E-state index is 0. The van der Waals surface area contributed by atoms with Crippen molar-refractivity contribution in [2.75, 3.05) is 0 Å². The smallest absolute Gasteiger partial charge is 0.152 e. The van der Waals surface area contributed by atoms with Crippen LogP contribution >= 0.6 is 0 Å². The number of rotatable bonds is 0. The quantitative estimate of drug-likeness (QED) is 0.325. The van der Waals surface area contributed by atoms with Crippen molar-refractivity contribution in [3.8, 4) is 0 Å². The monoisotopic (exact) mass is 190 g/mol. The minimum absolute atomic E-state index is 0. The van der Waals surface area contributed by atoms with Gasteiger partial charge in [-0.05, 0) is 0 Å². The molecule has 0 aliphatic heterocycles. The Morgan fingerprint density at radius 1 is 0.875 bits per heavy atom. The van der Waals surface area contributed by atoms with Gasteiger partial charge in [0.2, 0.25) is 0 Å². The molecule has 0 amide bonds. The summed E-state index contributed by atoms with van der Waals surface area (Å²) in [4.78, 5) is 16.2. The molecule has 0 atom stereocenters. The molecule has 8 heteroatoms. The molecule has 0 aromatic carbocycles. The van der Waals surface area contributed by atoms with Gasteiger partial charge in [-0.25, -0.2) is 0 Å². The molecule has 0 saturated heterocycles. The predicted octanol–water partition coefficient (Wildman–Crippen LogP) is 0.279. The maximum Gasteiger partial charge on any atom is 0.152 e. The van der Waals surface area contributed by atoms with Crippen LogP contribution < -0.4 is 0 Å². The molecule has 0 fully saturated rings. The van der Waals surface area contributed by atoms with Gasteiger partial charge in [-0.15, -0.1) is 9.81 Å². The molecule has 0 bridgehead atoms. The Kier molecular flexibility index (Phi) is 170. The van der Waals surface area contributed by atoms with Crippen LogP contribution in [0.4, 0.5) is 0 Å². The molecule has 6 nitrogen and oxygen atoms in total. The maximum absolute atomic E-state index is 8.11. The Morgan fingerprint density at radius 2 is 0.875 bits per heavy atom. The van der Waals surface area contributed by atoms with Crippen LogP contribution in [0.5, 0.6) is 0 Å². The average molecular weight is 190 g/mol. The molecule has 0 aromatic heterocycles. The molecule has 0 unspecified atom stereocenters. The van der Waals surface area contributed by atoms with Gasteiger partial charge >= 0.3 is 0 Å². The summed E-state index contributed by atoms with van der Waals surface area (Å²) < 4.78 is 0. The Hall–Kier alpha value is 0.229. The first-order valence-corrected chi connectivity index (χ1v) is 0.765. The first-order valence-electron chi connectivity index (χ1n) is 0.765. The van der Waals surface area contributed by atoms with Crippen molar-refractivity contribution >= 4 is 0 Å². The molecular weight excluding hydrogens is 188 g/mol. The molecule has 0 spiro atoms. The zero-order valence-corrected chi connectivity index (χ0v) is 6.73. The zero-order valence-electron chi connectivity index (χ0n) is 3.61. The largest absolute Gasteiger partial charge is 0.379 e. The summed E-state index contributed by atoms with van der Waals surface area (Å²) in [7, 11) is 0. The zero-order chi connectivity index (χ0) is 5.41. The van der Waals surface area contributed by atoms with E-state index in [1.807, 2.05) is 0 Å². The van der Waals surface area contributed by atoms with Gasteiger partial charge in [0.05, 0.1) is 0 Å². The summed E-state index contributed by atoms with van der Waals surface area (Å²) in [5.41, 5.74) is 0. The summed E-state index contributed by atoms with van der Waals surface area (Å²) in [6.07, 6.45) is 0. The van der Waals surface area contributed by atoms with Gasteiger partial charge in [-0.3, -0.25) is 0 Å². The fourth-order valence-corrected chi connectivity index (χ4v) is 0. The van der Waals surface area contributed by atoms with E-state index in [4.69, 9.17) is 20.2 Å². The molecule has 0 radical (unpaired) electrons. The first-order chi connectivity index (χ1) is 2.83. The molecule has 0 aliphatic carbocycles.